The van der Waals surface area contributed by atoms with Crippen LogP contribution in [0.25, 0.3) is 10.9 Å². The second kappa shape index (κ2) is 8.37. The highest BCUT2D eigenvalue weighted by atomic mass is 28.4. The lowest BCUT2D eigenvalue weighted by Crippen LogP contribution is -2.58. The Balaban J connectivity index is 1.93. The number of aromatic nitrogens is 1. The van der Waals surface area contributed by atoms with Gasteiger partial charge in [0.2, 0.25) is 0 Å². The van der Waals surface area contributed by atoms with Gasteiger partial charge in [-0.05, 0) is 40.8 Å². The molecule has 0 bridgehead atoms. The summed E-state index contributed by atoms with van der Waals surface area (Å²) in [5, 5.41) is 5.20. The molecule has 0 radical (unpaired) electrons. The van der Waals surface area contributed by atoms with Crippen molar-refractivity contribution in [3.8, 4) is 0 Å². The highest BCUT2D eigenvalue weighted by Gasteiger charge is 2.32. The van der Waals surface area contributed by atoms with E-state index >= 15 is 0 Å². The zero-order chi connectivity index (χ0) is 22.2. The van der Waals surface area contributed by atoms with Gasteiger partial charge in [-0.25, -0.2) is 0 Å². The molecule has 0 spiro atoms. The fourth-order valence-electron chi connectivity index (χ4n) is 4.47. The Labute approximate surface area is 184 Å². The lowest BCUT2D eigenvalue weighted by molar-refractivity contribution is 0.590. The molecule has 0 saturated carbocycles. The predicted molar refractivity (Wildman–Crippen MR) is 139 cm³/mol. The Kier molecular flexibility index (Phi) is 6.37. The van der Waals surface area contributed by atoms with Crippen molar-refractivity contribution in [3.63, 3.8) is 0 Å². The molecule has 1 aromatic heterocycles. The zero-order valence-corrected chi connectivity index (χ0v) is 22.0. The third-order valence-electron chi connectivity index (χ3n) is 5.52. The van der Waals surface area contributed by atoms with E-state index in [1.165, 1.54) is 27.7 Å². The number of H-pyrrole nitrogens is 1. The van der Waals surface area contributed by atoms with Crippen LogP contribution in [0, 0.1) is 0 Å². The summed E-state index contributed by atoms with van der Waals surface area (Å²) < 4.78 is 4.08. The van der Waals surface area contributed by atoms with Crippen molar-refractivity contribution in [1.29, 1.82) is 0 Å². The van der Waals surface area contributed by atoms with Gasteiger partial charge in [-0.3, -0.25) is 0 Å². The first-order valence-electron chi connectivity index (χ1n) is 11.1. The summed E-state index contributed by atoms with van der Waals surface area (Å²) in [6, 6.07) is 19.0. The standard InChI is InChI=1S/C25H39N3Si2/c1-25(2,3)19-13-15-20(16-14-19)27-24(18-30(7,8)28-29(4,5)6)22-17-26-23-12-10-9-11-21(22)23/h9-17,24,26-28H,18H2,1-8H3/t24-/m0/s1. The second-order valence-electron chi connectivity index (χ2n) is 11.3. The van der Waals surface area contributed by atoms with Crippen LogP contribution in [0.5, 0.6) is 0 Å². The molecule has 5 heteroatoms. The van der Waals surface area contributed by atoms with Gasteiger partial charge >= 0.3 is 0 Å². The molecule has 0 amide bonds. The average Bonchev–Trinajstić information content (AvgIpc) is 3.02. The van der Waals surface area contributed by atoms with Gasteiger partial charge in [0.1, 0.15) is 16.5 Å². The SMILES string of the molecule is CC(C)(C)c1ccc(N[C@@H](C[Si](C)(C)N[Si](C)(C)C)c2c[nH]c3ccccc23)cc1. The number of benzene rings is 2. The highest BCUT2D eigenvalue weighted by molar-refractivity contribution is 6.90. The minimum Gasteiger partial charge on any atom is -0.378 e. The van der Waals surface area contributed by atoms with Gasteiger partial charge in [0.05, 0.1) is 6.04 Å². The number of rotatable bonds is 7. The molecule has 3 rings (SSSR count). The Morgan fingerprint density at radius 2 is 1.53 bits per heavy atom. The summed E-state index contributed by atoms with van der Waals surface area (Å²) in [6.45, 7) is 18.9. The topological polar surface area (TPSA) is 39.8 Å². The van der Waals surface area contributed by atoms with Crippen molar-refractivity contribution in [2.24, 2.45) is 0 Å². The Morgan fingerprint density at radius 3 is 2.13 bits per heavy atom. The van der Waals surface area contributed by atoms with Crippen LogP contribution < -0.4 is 9.96 Å². The Morgan fingerprint density at radius 1 is 0.900 bits per heavy atom. The van der Waals surface area contributed by atoms with Gasteiger partial charge in [-0.2, -0.15) is 0 Å². The minimum absolute atomic E-state index is 0.172. The van der Waals surface area contributed by atoms with Crippen molar-refractivity contribution >= 4 is 33.1 Å². The van der Waals surface area contributed by atoms with E-state index in [9.17, 15) is 0 Å². The van der Waals surface area contributed by atoms with E-state index in [0.717, 1.165) is 6.04 Å². The van der Waals surface area contributed by atoms with Crippen LogP contribution in [0.1, 0.15) is 37.9 Å². The number of hydrogen-bond acceptors (Lipinski definition) is 2. The summed E-state index contributed by atoms with van der Waals surface area (Å²) in [5.74, 6) is 0. The molecule has 30 heavy (non-hydrogen) atoms. The first kappa shape index (κ1) is 22.8. The smallest absolute Gasteiger partial charge is 0.115 e. The van der Waals surface area contributed by atoms with Crippen LogP contribution in [0.2, 0.25) is 38.8 Å². The molecule has 1 heterocycles. The van der Waals surface area contributed by atoms with Gasteiger partial charge in [-0.1, -0.05) is 83.8 Å². The van der Waals surface area contributed by atoms with Crippen molar-refractivity contribution in [2.75, 3.05) is 5.32 Å². The number of anilines is 1. The number of hydrogen-bond donors (Lipinski definition) is 3. The first-order valence-corrected chi connectivity index (χ1v) is 17.8. The van der Waals surface area contributed by atoms with Gasteiger partial charge in [0.15, 0.2) is 0 Å². The van der Waals surface area contributed by atoms with E-state index in [1.807, 2.05) is 0 Å². The molecule has 3 aromatic rings. The monoisotopic (exact) mass is 437 g/mol. The van der Waals surface area contributed by atoms with Gasteiger partial charge in [0.25, 0.3) is 0 Å². The lowest BCUT2D eigenvalue weighted by Gasteiger charge is -2.35. The summed E-state index contributed by atoms with van der Waals surface area (Å²) in [6.07, 6.45) is 2.20. The number of nitrogens with one attached hydrogen (secondary N) is 3. The quantitative estimate of drug-likeness (QED) is 0.341. The normalized spacial score (nSPS) is 14.1. The third-order valence-corrected chi connectivity index (χ3v) is 12.7. The van der Waals surface area contributed by atoms with Crippen molar-refractivity contribution in [2.45, 2.75) is 71.0 Å². The summed E-state index contributed by atoms with van der Waals surface area (Å²) in [5.41, 5.74) is 5.30. The van der Waals surface area contributed by atoms with E-state index in [4.69, 9.17) is 0 Å². The molecule has 0 unspecified atom stereocenters. The van der Waals surface area contributed by atoms with E-state index < -0.39 is 16.5 Å². The van der Waals surface area contributed by atoms with Crippen molar-refractivity contribution < 1.29 is 0 Å². The summed E-state index contributed by atoms with van der Waals surface area (Å²) >= 11 is 0. The fraction of sp³-hybridized carbons (Fsp3) is 0.440. The molecule has 0 aliphatic rings. The summed E-state index contributed by atoms with van der Waals surface area (Å²) in [4.78, 5) is 3.48. The van der Waals surface area contributed by atoms with Crippen LogP contribution in [0.4, 0.5) is 5.69 Å². The van der Waals surface area contributed by atoms with E-state index in [-0.39, 0.29) is 11.5 Å². The third kappa shape index (κ3) is 5.87. The maximum Gasteiger partial charge on any atom is 0.115 e. The molecule has 3 nitrogen and oxygen atoms in total. The highest BCUT2D eigenvalue weighted by Crippen LogP contribution is 2.33. The Hall–Kier alpha value is -1.83. The van der Waals surface area contributed by atoms with Gasteiger partial charge < -0.3 is 14.9 Å². The molecule has 0 fully saturated rings. The number of aromatic amines is 1. The van der Waals surface area contributed by atoms with Gasteiger partial charge in [0, 0.05) is 22.8 Å². The molecule has 162 valence electrons. The largest absolute Gasteiger partial charge is 0.378 e. The average molecular weight is 438 g/mol. The lowest BCUT2D eigenvalue weighted by atomic mass is 9.87. The predicted octanol–water partition coefficient (Wildman–Crippen LogP) is 7.25. The molecule has 1 atom stereocenters. The van der Waals surface area contributed by atoms with Gasteiger partial charge in [-0.15, -0.1) is 0 Å². The second-order valence-corrected chi connectivity index (χ2v) is 21.0. The maximum absolute atomic E-state index is 4.08. The maximum atomic E-state index is 4.08. The molecule has 3 N–H and O–H groups in total. The summed E-state index contributed by atoms with van der Waals surface area (Å²) in [7, 11) is -2.95. The van der Waals surface area contributed by atoms with Crippen molar-refractivity contribution in [1.82, 2.24) is 9.63 Å². The van der Waals surface area contributed by atoms with Crippen LogP contribution in [-0.4, -0.2) is 21.5 Å². The molecule has 0 aliphatic heterocycles. The zero-order valence-electron chi connectivity index (χ0n) is 20.0. The van der Waals surface area contributed by atoms with Crippen LogP contribution >= 0.6 is 0 Å². The molecule has 0 aliphatic carbocycles. The van der Waals surface area contributed by atoms with Crippen LogP contribution in [0.15, 0.2) is 54.7 Å². The molecular weight excluding hydrogens is 398 g/mol. The molecule has 0 saturated heterocycles. The van der Waals surface area contributed by atoms with Crippen LogP contribution in [-0.2, 0) is 5.41 Å². The van der Waals surface area contributed by atoms with Crippen molar-refractivity contribution in [3.05, 3.63) is 65.9 Å². The van der Waals surface area contributed by atoms with E-state index in [0.29, 0.717) is 0 Å². The minimum atomic E-state index is -1.60. The fourth-order valence-corrected chi connectivity index (χ4v) is 14.3. The number of para-hydroxylation sites is 1. The molecular formula is C25H39N3Si2. The molecule has 2 aromatic carbocycles. The van der Waals surface area contributed by atoms with E-state index in [2.05, 4.69) is 123 Å². The number of fused-ring (bicyclic) bond motifs is 1. The van der Waals surface area contributed by atoms with Crippen LogP contribution in [0.3, 0.4) is 0 Å². The van der Waals surface area contributed by atoms with E-state index in [1.54, 1.807) is 0 Å². The Bertz CT molecular complexity index is 976. The first-order chi connectivity index (χ1) is 13.8.